The third-order valence-corrected chi connectivity index (χ3v) is 6.37. The number of carbonyl (C=O) groups excluding carboxylic acids is 2. The maximum Gasteiger partial charge on any atom is 0.291 e. The van der Waals surface area contributed by atoms with Gasteiger partial charge in [-0.3, -0.25) is 9.59 Å². The number of para-hydroxylation sites is 1. The second kappa shape index (κ2) is 8.50. The van der Waals surface area contributed by atoms with Crippen LogP contribution in [0, 0.1) is 13.8 Å². The lowest BCUT2D eigenvalue weighted by Crippen LogP contribution is -2.14. The normalized spacial score (nSPS) is 11.2. The topological polar surface area (TPSA) is 81.7 Å². The van der Waals surface area contributed by atoms with E-state index in [9.17, 15) is 9.59 Å². The van der Waals surface area contributed by atoms with Crippen molar-refractivity contribution >= 4 is 55.2 Å². The van der Waals surface area contributed by atoms with Crippen molar-refractivity contribution in [1.29, 1.82) is 0 Å². The Balaban J connectivity index is 1.58. The number of rotatable bonds is 5. The minimum absolute atomic E-state index is 0.0382. The molecule has 0 saturated heterocycles. The van der Waals surface area contributed by atoms with Crippen LogP contribution in [-0.4, -0.2) is 18.8 Å². The summed E-state index contributed by atoms with van der Waals surface area (Å²) < 4.78 is 17.7. The van der Waals surface area contributed by atoms with E-state index in [-0.39, 0.29) is 17.3 Å². The molecule has 0 atom stereocenters. The molecule has 5 rings (SSSR count). The number of benzene rings is 3. The van der Waals surface area contributed by atoms with Gasteiger partial charge in [0.05, 0.1) is 17.3 Å². The van der Waals surface area contributed by atoms with Crippen LogP contribution < -0.4 is 10.1 Å². The monoisotopic (exact) mass is 517 g/mol. The van der Waals surface area contributed by atoms with E-state index < -0.39 is 5.91 Å². The standard InChI is InChI=1S/C27H20BrNO5/c1-14-8-10-21-18(12-14)15(2)25(33-21)27(31)29-23-17-6-4-5-7-20(17)34-26(23)24(30)16-9-11-22(32-3)19(28)13-16/h4-13H,1-3H3,(H,29,31). The Morgan fingerprint density at radius 2 is 1.62 bits per heavy atom. The van der Waals surface area contributed by atoms with Crippen molar-refractivity contribution in [1.82, 2.24) is 0 Å². The molecule has 34 heavy (non-hydrogen) atoms. The first kappa shape index (κ1) is 22.0. The lowest BCUT2D eigenvalue weighted by atomic mass is 10.1. The molecule has 170 valence electrons. The number of aryl methyl sites for hydroxylation is 2. The number of halogens is 1. The van der Waals surface area contributed by atoms with Crippen LogP contribution in [0.2, 0.25) is 0 Å². The first-order valence-electron chi connectivity index (χ1n) is 10.6. The van der Waals surface area contributed by atoms with Crippen LogP contribution in [0.4, 0.5) is 5.69 Å². The second-order valence-corrected chi connectivity index (χ2v) is 8.85. The Morgan fingerprint density at radius 3 is 2.38 bits per heavy atom. The van der Waals surface area contributed by atoms with Crippen LogP contribution in [-0.2, 0) is 0 Å². The number of ketones is 1. The highest BCUT2D eigenvalue weighted by atomic mass is 79.9. The molecule has 0 aliphatic heterocycles. The molecule has 2 aromatic heterocycles. The molecule has 1 amide bonds. The number of hydrogen-bond acceptors (Lipinski definition) is 5. The van der Waals surface area contributed by atoms with E-state index >= 15 is 0 Å². The van der Waals surface area contributed by atoms with E-state index in [0.29, 0.717) is 38.0 Å². The molecule has 0 radical (unpaired) electrons. The van der Waals surface area contributed by atoms with Gasteiger partial charge >= 0.3 is 0 Å². The molecule has 0 aliphatic rings. The number of anilines is 1. The Morgan fingerprint density at radius 1 is 0.882 bits per heavy atom. The van der Waals surface area contributed by atoms with Crippen LogP contribution in [0.5, 0.6) is 5.75 Å². The average Bonchev–Trinajstić information content (AvgIpc) is 3.36. The highest BCUT2D eigenvalue weighted by Crippen LogP contribution is 2.35. The quantitative estimate of drug-likeness (QED) is 0.252. The number of furan rings is 2. The summed E-state index contributed by atoms with van der Waals surface area (Å²) in [5, 5.41) is 4.37. The maximum absolute atomic E-state index is 13.4. The number of nitrogens with one attached hydrogen (secondary N) is 1. The van der Waals surface area contributed by atoms with Crippen LogP contribution in [0.1, 0.15) is 37.8 Å². The number of carbonyl (C=O) groups is 2. The van der Waals surface area contributed by atoms with Gasteiger partial charge in [0.15, 0.2) is 11.5 Å². The first-order chi connectivity index (χ1) is 16.4. The van der Waals surface area contributed by atoms with Gasteiger partial charge in [0.25, 0.3) is 5.91 Å². The Kier molecular flexibility index (Phi) is 5.49. The predicted octanol–water partition coefficient (Wildman–Crippen LogP) is 7.05. The molecule has 0 unspecified atom stereocenters. The fourth-order valence-corrected chi connectivity index (χ4v) is 4.53. The minimum Gasteiger partial charge on any atom is -0.496 e. The van der Waals surface area contributed by atoms with E-state index in [1.54, 1.807) is 43.5 Å². The molecule has 0 spiro atoms. The molecule has 0 fully saturated rings. The van der Waals surface area contributed by atoms with Gasteiger partial charge in [-0.1, -0.05) is 23.8 Å². The molecular formula is C27H20BrNO5. The number of hydrogen-bond donors (Lipinski definition) is 1. The van der Waals surface area contributed by atoms with Crippen LogP contribution >= 0.6 is 15.9 Å². The van der Waals surface area contributed by atoms with Crippen molar-refractivity contribution in [3.05, 3.63) is 93.3 Å². The highest BCUT2D eigenvalue weighted by molar-refractivity contribution is 9.10. The van der Waals surface area contributed by atoms with Gasteiger partial charge in [-0.2, -0.15) is 0 Å². The SMILES string of the molecule is COc1ccc(C(=O)c2oc3ccccc3c2NC(=O)c2oc3ccc(C)cc3c2C)cc1Br. The van der Waals surface area contributed by atoms with Gasteiger partial charge in [0.1, 0.15) is 16.9 Å². The Labute approximate surface area is 203 Å². The second-order valence-electron chi connectivity index (χ2n) is 7.99. The summed E-state index contributed by atoms with van der Waals surface area (Å²) in [7, 11) is 1.55. The van der Waals surface area contributed by atoms with Gasteiger partial charge in [0.2, 0.25) is 5.78 Å². The third-order valence-electron chi connectivity index (χ3n) is 5.75. The molecule has 3 aromatic carbocycles. The summed E-state index contributed by atoms with van der Waals surface area (Å²) in [4.78, 5) is 26.7. The molecule has 7 heteroatoms. The summed E-state index contributed by atoms with van der Waals surface area (Å²) >= 11 is 3.41. The average molecular weight is 518 g/mol. The van der Waals surface area contributed by atoms with E-state index in [0.717, 1.165) is 16.5 Å². The van der Waals surface area contributed by atoms with Gasteiger partial charge < -0.3 is 18.9 Å². The summed E-state index contributed by atoms with van der Waals surface area (Å²) in [6, 6.07) is 17.9. The lowest BCUT2D eigenvalue weighted by Gasteiger charge is -2.07. The van der Waals surface area contributed by atoms with Crippen molar-refractivity contribution in [3.8, 4) is 5.75 Å². The zero-order valence-corrected chi connectivity index (χ0v) is 20.3. The van der Waals surface area contributed by atoms with Gasteiger partial charge in [-0.15, -0.1) is 0 Å². The van der Waals surface area contributed by atoms with Crippen molar-refractivity contribution in [3.63, 3.8) is 0 Å². The number of amides is 1. The zero-order valence-electron chi connectivity index (χ0n) is 18.7. The smallest absolute Gasteiger partial charge is 0.291 e. The largest absolute Gasteiger partial charge is 0.496 e. The van der Waals surface area contributed by atoms with Gasteiger partial charge in [-0.25, -0.2) is 0 Å². The predicted molar refractivity (Wildman–Crippen MR) is 134 cm³/mol. The molecule has 0 aliphatic carbocycles. The lowest BCUT2D eigenvalue weighted by molar-refractivity contribution is 0.0997. The Hall–Kier alpha value is -3.84. The highest BCUT2D eigenvalue weighted by Gasteiger charge is 2.26. The fourth-order valence-electron chi connectivity index (χ4n) is 3.99. The molecule has 5 aromatic rings. The van der Waals surface area contributed by atoms with E-state index in [1.807, 2.05) is 38.1 Å². The van der Waals surface area contributed by atoms with Crippen molar-refractivity contribution in [2.75, 3.05) is 12.4 Å². The summed E-state index contributed by atoms with van der Waals surface area (Å²) in [5.41, 5.74) is 3.61. The van der Waals surface area contributed by atoms with E-state index in [1.165, 1.54) is 0 Å². The van der Waals surface area contributed by atoms with Crippen LogP contribution in [0.3, 0.4) is 0 Å². The van der Waals surface area contributed by atoms with E-state index in [4.69, 9.17) is 13.6 Å². The van der Waals surface area contributed by atoms with Crippen molar-refractivity contribution < 1.29 is 23.2 Å². The first-order valence-corrected chi connectivity index (χ1v) is 11.4. The number of fused-ring (bicyclic) bond motifs is 2. The van der Waals surface area contributed by atoms with Crippen LogP contribution in [0.15, 0.2) is 74.0 Å². The van der Waals surface area contributed by atoms with Crippen molar-refractivity contribution in [2.45, 2.75) is 13.8 Å². The van der Waals surface area contributed by atoms with E-state index in [2.05, 4.69) is 21.2 Å². The molecule has 0 bridgehead atoms. The van der Waals surface area contributed by atoms with Gasteiger partial charge in [0, 0.05) is 21.9 Å². The molecule has 1 N–H and O–H groups in total. The molecular weight excluding hydrogens is 498 g/mol. The summed E-state index contributed by atoms with van der Waals surface area (Å²) in [6.45, 7) is 3.83. The number of ether oxygens (including phenoxy) is 1. The Bertz CT molecular complexity index is 1590. The maximum atomic E-state index is 13.4. The molecule has 0 saturated carbocycles. The third kappa shape index (κ3) is 3.68. The summed E-state index contributed by atoms with van der Waals surface area (Å²) in [6.07, 6.45) is 0. The number of methoxy groups -OCH3 is 1. The molecule has 2 heterocycles. The minimum atomic E-state index is -0.456. The zero-order chi connectivity index (χ0) is 24.0. The molecule has 6 nitrogen and oxygen atoms in total. The summed E-state index contributed by atoms with van der Waals surface area (Å²) in [5.74, 6) is 0.00708. The van der Waals surface area contributed by atoms with Crippen molar-refractivity contribution in [2.24, 2.45) is 0 Å². The van der Waals surface area contributed by atoms with Gasteiger partial charge in [-0.05, 0) is 72.2 Å². The van der Waals surface area contributed by atoms with Crippen LogP contribution in [0.25, 0.3) is 21.9 Å². The fraction of sp³-hybridized carbons (Fsp3) is 0.111.